The van der Waals surface area contributed by atoms with Crippen LogP contribution in [0.15, 0.2) is 0 Å². The van der Waals surface area contributed by atoms with Gasteiger partial charge < -0.3 is 15.4 Å². The van der Waals surface area contributed by atoms with Gasteiger partial charge in [-0.25, -0.2) is 9.59 Å². The average molecular weight is 367 g/mol. The molecule has 1 spiro atoms. The number of methoxy groups -OCH3 is 1. The molecule has 2 rings (SSSR count). The highest BCUT2D eigenvalue weighted by Gasteiger charge is 2.51. The molecular formula is C18H29N3O5. The van der Waals surface area contributed by atoms with Gasteiger partial charge in [0.15, 0.2) is 0 Å². The molecule has 2 fully saturated rings. The van der Waals surface area contributed by atoms with Crippen molar-refractivity contribution in [3.8, 4) is 0 Å². The third kappa shape index (κ3) is 4.16. The van der Waals surface area contributed by atoms with Crippen LogP contribution in [0.2, 0.25) is 0 Å². The van der Waals surface area contributed by atoms with Crippen LogP contribution in [0.1, 0.15) is 58.8 Å². The third-order valence-electron chi connectivity index (χ3n) is 5.49. The van der Waals surface area contributed by atoms with E-state index in [1.54, 1.807) is 0 Å². The van der Waals surface area contributed by atoms with Crippen LogP contribution in [0, 0.1) is 5.92 Å². The molecule has 0 aromatic rings. The van der Waals surface area contributed by atoms with Crippen LogP contribution < -0.4 is 10.6 Å². The van der Waals surface area contributed by atoms with E-state index in [2.05, 4.69) is 10.6 Å². The molecule has 1 saturated carbocycles. The Bertz CT molecular complexity index is 569. The van der Waals surface area contributed by atoms with E-state index in [0.29, 0.717) is 19.3 Å². The summed E-state index contributed by atoms with van der Waals surface area (Å²) >= 11 is 0. The molecule has 0 aromatic heterocycles. The first-order valence-corrected chi connectivity index (χ1v) is 9.36. The SMILES string of the molecule is CC[C@H](C)[C@H](NC(=O)CN1C(=O)NC2(CCCCCC2)C1=O)C(=O)OC. The Morgan fingerprint density at radius 3 is 2.38 bits per heavy atom. The quantitative estimate of drug-likeness (QED) is 0.544. The van der Waals surface area contributed by atoms with Gasteiger partial charge in [0, 0.05) is 0 Å². The van der Waals surface area contributed by atoms with Crippen molar-refractivity contribution in [1.29, 1.82) is 0 Å². The average Bonchev–Trinajstić information content (AvgIpc) is 2.79. The normalized spacial score (nSPS) is 21.7. The van der Waals surface area contributed by atoms with E-state index in [4.69, 9.17) is 4.74 Å². The minimum absolute atomic E-state index is 0.122. The molecule has 0 aromatic carbocycles. The van der Waals surface area contributed by atoms with Crippen molar-refractivity contribution >= 4 is 23.8 Å². The van der Waals surface area contributed by atoms with Gasteiger partial charge in [-0.15, -0.1) is 0 Å². The summed E-state index contributed by atoms with van der Waals surface area (Å²) in [4.78, 5) is 50.4. The van der Waals surface area contributed by atoms with E-state index in [9.17, 15) is 19.2 Å². The van der Waals surface area contributed by atoms with Crippen molar-refractivity contribution in [3.63, 3.8) is 0 Å². The molecule has 8 nitrogen and oxygen atoms in total. The molecule has 8 heteroatoms. The number of ether oxygens (including phenoxy) is 1. The van der Waals surface area contributed by atoms with Crippen LogP contribution >= 0.6 is 0 Å². The molecule has 2 aliphatic rings. The van der Waals surface area contributed by atoms with Crippen LogP contribution in [0.4, 0.5) is 4.79 Å². The number of rotatable bonds is 6. The molecule has 1 aliphatic carbocycles. The van der Waals surface area contributed by atoms with E-state index in [1.165, 1.54) is 7.11 Å². The molecule has 146 valence electrons. The number of imide groups is 1. The summed E-state index contributed by atoms with van der Waals surface area (Å²) in [7, 11) is 1.26. The Morgan fingerprint density at radius 2 is 1.85 bits per heavy atom. The number of nitrogens with zero attached hydrogens (tertiary/aromatic N) is 1. The monoisotopic (exact) mass is 367 g/mol. The van der Waals surface area contributed by atoms with Gasteiger partial charge in [-0.2, -0.15) is 0 Å². The highest BCUT2D eigenvalue weighted by atomic mass is 16.5. The first-order chi connectivity index (χ1) is 12.3. The van der Waals surface area contributed by atoms with E-state index < -0.39 is 36.0 Å². The summed E-state index contributed by atoms with van der Waals surface area (Å²) in [6.07, 6.45) is 5.73. The smallest absolute Gasteiger partial charge is 0.328 e. The fourth-order valence-electron chi connectivity index (χ4n) is 3.65. The van der Waals surface area contributed by atoms with Gasteiger partial charge in [-0.05, 0) is 18.8 Å². The predicted molar refractivity (Wildman–Crippen MR) is 94.1 cm³/mol. The second kappa shape index (κ2) is 8.51. The number of carbonyl (C=O) groups is 4. The third-order valence-corrected chi connectivity index (χ3v) is 5.49. The van der Waals surface area contributed by atoms with Gasteiger partial charge in [0.25, 0.3) is 5.91 Å². The van der Waals surface area contributed by atoms with Crippen molar-refractivity contribution in [2.75, 3.05) is 13.7 Å². The Balaban J connectivity index is 2.04. The van der Waals surface area contributed by atoms with Crippen molar-refractivity contribution in [2.45, 2.75) is 70.4 Å². The summed E-state index contributed by atoms with van der Waals surface area (Å²) in [6.45, 7) is 3.34. The van der Waals surface area contributed by atoms with Crippen molar-refractivity contribution in [3.05, 3.63) is 0 Å². The number of hydrogen-bond acceptors (Lipinski definition) is 5. The Kier molecular flexibility index (Phi) is 6.61. The molecule has 4 amide bonds. The largest absolute Gasteiger partial charge is 0.467 e. The van der Waals surface area contributed by atoms with Crippen LogP contribution in [-0.4, -0.2) is 54.0 Å². The molecule has 0 bridgehead atoms. The number of amides is 4. The summed E-state index contributed by atoms with van der Waals surface area (Å²) < 4.78 is 4.74. The lowest BCUT2D eigenvalue weighted by Gasteiger charge is -2.25. The Hall–Kier alpha value is -2.12. The highest BCUT2D eigenvalue weighted by molar-refractivity contribution is 6.09. The van der Waals surface area contributed by atoms with E-state index in [0.717, 1.165) is 30.6 Å². The van der Waals surface area contributed by atoms with Gasteiger partial charge in [0.1, 0.15) is 18.1 Å². The Labute approximate surface area is 154 Å². The van der Waals surface area contributed by atoms with Crippen molar-refractivity contribution < 1.29 is 23.9 Å². The van der Waals surface area contributed by atoms with Crippen molar-refractivity contribution in [2.24, 2.45) is 5.92 Å². The lowest BCUT2D eigenvalue weighted by Crippen LogP contribution is -2.50. The molecule has 1 saturated heterocycles. The summed E-state index contributed by atoms with van der Waals surface area (Å²) in [6, 6.07) is -1.34. The maximum Gasteiger partial charge on any atom is 0.328 e. The second-order valence-electron chi connectivity index (χ2n) is 7.27. The summed E-state index contributed by atoms with van der Waals surface area (Å²) in [5.41, 5.74) is -0.869. The van der Waals surface area contributed by atoms with E-state index in [-0.39, 0.29) is 11.8 Å². The second-order valence-corrected chi connectivity index (χ2v) is 7.27. The molecule has 2 atom stereocenters. The summed E-state index contributed by atoms with van der Waals surface area (Å²) in [5.74, 6) is -1.54. The van der Waals surface area contributed by atoms with Gasteiger partial charge >= 0.3 is 12.0 Å². The maximum absolute atomic E-state index is 12.8. The fraction of sp³-hybridized carbons (Fsp3) is 0.778. The first-order valence-electron chi connectivity index (χ1n) is 9.36. The maximum atomic E-state index is 12.8. The zero-order valence-electron chi connectivity index (χ0n) is 15.8. The molecule has 0 unspecified atom stereocenters. The molecule has 1 heterocycles. The zero-order chi connectivity index (χ0) is 19.3. The van der Waals surface area contributed by atoms with Crippen molar-refractivity contribution in [1.82, 2.24) is 15.5 Å². The molecule has 26 heavy (non-hydrogen) atoms. The van der Waals surface area contributed by atoms with Gasteiger partial charge in [-0.3, -0.25) is 14.5 Å². The van der Waals surface area contributed by atoms with Crippen LogP contribution in [0.25, 0.3) is 0 Å². The van der Waals surface area contributed by atoms with Crippen LogP contribution in [0.5, 0.6) is 0 Å². The minimum atomic E-state index is -0.869. The molecular weight excluding hydrogens is 338 g/mol. The van der Waals surface area contributed by atoms with Gasteiger partial charge in [0.2, 0.25) is 5.91 Å². The fourth-order valence-corrected chi connectivity index (χ4v) is 3.65. The molecule has 2 N–H and O–H groups in total. The van der Waals surface area contributed by atoms with Crippen LogP contribution in [0.3, 0.4) is 0 Å². The molecule has 0 radical (unpaired) electrons. The van der Waals surface area contributed by atoms with Gasteiger partial charge in [-0.1, -0.05) is 46.0 Å². The molecule has 1 aliphatic heterocycles. The first kappa shape index (κ1) is 20.2. The minimum Gasteiger partial charge on any atom is -0.467 e. The lowest BCUT2D eigenvalue weighted by atomic mass is 9.90. The standard InChI is InChI=1S/C18H29N3O5/c1-4-12(2)14(15(23)26-3)19-13(22)11-21-16(24)18(20-17(21)25)9-7-5-6-8-10-18/h12,14H,4-11H2,1-3H3,(H,19,22)(H,20,25)/t12-,14-/m0/s1. The Morgan fingerprint density at radius 1 is 1.23 bits per heavy atom. The topological polar surface area (TPSA) is 105 Å². The number of carbonyl (C=O) groups excluding carboxylic acids is 4. The lowest BCUT2D eigenvalue weighted by molar-refractivity contribution is -0.146. The predicted octanol–water partition coefficient (Wildman–Crippen LogP) is 1.34. The van der Waals surface area contributed by atoms with E-state index in [1.807, 2.05) is 13.8 Å². The highest BCUT2D eigenvalue weighted by Crippen LogP contribution is 2.32. The number of nitrogens with one attached hydrogen (secondary N) is 2. The van der Waals surface area contributed by atoms with Crippen LogP contribution in [-0.2, 0) is 19.1 Å². The van der Waals surface area contributed by atoms with Gasteiger partial charge in [0.05, 0.1) is 7.11 Å². The number of hydrogen-bond donors (Lipinski definition) is 2. The zero-order valence-corrected chi connectivity index (χ0v) is 15.8. The summed E-state index contributed by atoms with van der Waals surface area (Å²) in [5, 5.41) is 5.40. The van der Waals surface area contributed by atoms with E-state index >= 15 is 0 Å². The number of esters is 1. The number of urea groups is 1.